The molecule has 6 nitrogen and oxygen atoms in total. The zero-order valence-corrected chi connectivity index (χ0v) is 18.8. The van der Waals surface area contributed by atoms with Crippen LogP contribution in [-0.2, 0) is 6.18 Å². The van der Waals surface area contributed by atoms with E-state index in [1.165, 1.54) is 6.07 Å². The van der Waals surface area contributed by atoms with Crippen molar-refractivity contribution in [2.24, 2.45) is 0 Å². The number of hydrogen-bond acceptors (Lipinski definition) is 5. The second kappa shape index (κ2) is 10.2. The molecule has 0 aliphatic carbocycles. The van der Waals surface area contributed by atoms with Gasteiger partial charge in [-0.25, -0.2) is 4.39 Å². The third-order valence-electron chi connectivity index (χ3n) is 6.45. The topological polar surface area (TPSA) is 78.6 Å². The van der Waals surface area contributed by atoms with E-state index in [0.29, 0.717) is 61.3 Å². The second-order valence-corrected chi connectivity index (χ2v) is 8.66. The van der Waals surface area contributed by atoms with E-state index in [0.717, 1.165) is 12.1 Å². The van der Waals surface area contributed by atoms with Crippen LogP contribution in [0, 0.1) is 15.9 Å². The van der Waals surface area contributed by atoms with Crippen molar-refractivity contribution in [2.45, 2.75) is 37.6 Å². The minimum absolute atomic E-state index is 0.0554. The predicted octanol–water partition coefficient (Wildman–Crippen LogP) is 5.59. The molecule has 1 heterocycles. The Morgan fingerprint density at radius 2 is 1.77 bits per heavy atom. The summed E-state index contributed by atoms with van der Waals surface area (Å²) in [5.74, 6) is -0.344. The van der Waals surface area contributed by atoms with Crippen LogP contribution in [0.3, 0.4) is 0 Å². The summed E-state index contributed by atoms with van der Waals surface area (Å²) in [6.07, 6.45) is -3.91. The highest BCUT2D eigenvalue weighted by Crippen LogP contribution is 2.39. The summed E-state index contributed by atoms with van der Waals surface area (Å²) in [6.45, 7) is 1.22. The Hall–Kier alpha value is -3.24. The van der Waals surface area contributed by atoms with Gasteiger partial charge in [-0.2, -0.15) is 13.2 Å². The van der Waals surface area contributed by atoms with Crippen LogP contribution < -0.4 is 10.2 Å². The Kier molecular flexibility index (Phi) is 7.23. The fraction of sp³-hybridized carbons (Fsp3) is 0.360. The van der Waals surface area contributed by atoms with E-state index >= 15 is 0 Å². The van der Waals surface area contributed by atoms with Crippen molar-refractivity contribution in [3.8, 4) is 0 Å². The van der Waals surface area contributed by atoms with E-state index in [-0.39, 0.29) is 17.5 Å². The number of hydrogen-bond donors (Lipinski definition) is 2. The first-order valence-corrected chi connectivity index (χ1v) is 11.3. The normalized spacial score (nSPS) is 16.0. The van der Waals surface area contributed by atoms with Crippen LogP contribution >= 0.6 is 0 Å². The number of nitro groups is 1. The van der Waals surface area contributed by atoms with Gasteiger partial charge >= 0.3 is 6.18 Å². The van der Waals surface area contributed by atoms with Crippen LogP contribution in [0.1, 0.15) is 36.5 Å². The molecule has 0 spiro atoms. The number of alkyl halides is 3. The van der Waals surface area contributed by atoms with E-state index in [1.54, 1.807) is 35.2 Å². The Bertz CT molecular complexity index is 1210. The number of aliphatic hydroxyl groups is 1. The van der Waals surface area contributed by atoms with Gasteiger partial charge in [0.1, 0.15) is 5.82 Å². The van der Waals surface area contributed by atoms with Gasteiger partial charge in [0.05, 0.1) is 16.6 Å². The van der Waals surface area contributed by atoms with Gasteiger partial charge < -0.3 is 15.3 Å². The van der Waals surface area contributed by atoms with Crippen molar-refractivity contribution in [3.05, 3.63) is 81.7 Å². The minimum atomic E-state index is -4.70. The van der Waals surface area contributed by atoms with Crippen LogP contribution in [0.4, 0.5) is 28.9 Å². The largest absolute Gasteiger partial charge is 0.418 e. The quantitative estimate of drug-likeness (QED) is 0.256. The molecule has 35 heavy (non-hydrogen) atoms. The Morgan fingerprint density at radius 1 is 1.09 bits per heavy atom. The molecule has 4 rings (SSSR count). The number of non-ortho nitro benzene ring substituents is 1. The lowest BCUT2D eigenvalue weighted by Crippen LogP contribution is -2.43. The fourth-order valence-electron chi connectivity index (χ4n) is 4.62. The molecule has 0 saturated carbocycles. The molecule has 1 saturated heterocycles. The molecule has 2 N–H and O–H groups in total. The van der Waals surface area contributed by atoms with Crippen molar-refractivity contribution in [2.75, 3.05) is 24.5 Å². The van der Waals surface area contributed by atoms with Crippen molar-refractivity contribution < 1.29 is 27.6 Å². The molecule has 10 heteroatoms. The lowest BCUT2D eigenvalue weighted by atomic mass is 9.98. The third-order valence-corrected chi connectivity index (χ3v) is 6.45. The van der Waals surface area contributed by atoms with E-state index < -0.39 is 28.5 Å². The molecule has 0 aromatic heterocycles. The summed E-state index contributed by atoms with van der Waals surface area (Å²) in [5, 5.41) is 26.1. The molecule has 1 aliphatic heterocycles. The van der Waals surface area contributed by atoms with Gasteiger partial charge in [-0.05, 0) is 48.9 Å². The number of nitrogens with zero attached hydrogens (tertiary/aromatic N) is 2. The number of piperidine rings is 1. The SMILES string of the molecule is O=[N+]([O-])c1ccc(N2CCC(NCCC(O)c3ccc(F)c4ccccc34)CC2)c(C(F)(F)F)c1. The average molecular weight is 491 g/mol. The molecular formula is C25H25F4N3O3. The summed E-state index contributed by atoms with van der Waals surface area (Å²) in [7, 11) is 0. The lowest BCUT2D eigenvalue weighted by molar-refractivity contribution is -0.385. The van der Waals surface area contributed by atoms with Gasteiger partial charge in [-0.15, -0.1) is 0 Å². The molecule has 0 bridgehead atoms. The summed E-state index contributed by atoms with van der Waals surface area (Å²) >= 11 is 0. The number of halogens is 4. The fourth-order valence-corrected chi connectivity index (χ4v) is 4.62. The molecule has 3 aromatic carbocycles. The van der Waals surface area contributed by atoms with Gasteiger partial charge in [0.15, 0.2) is 0 Å². The zero-order valence-electron chi connectivity index (χ0n) is 18.8. The van der Waals surface area contributed by atoms with Crippen LogP contribution in [0.5, 0.6) is 0 Å². The first-order valence-electron chi connectivity index (χ1n) is 11.3. The van der Waals surface area contributed by atoms with Gasteiger partial charge in [-0.3, -0.25) is 10.1 Å². The molecular weight excluding hydrogens is 466 g/mol. The molecule has 186 valence electrons. The number of benzene rings is 3. The van der Waals surface area contributed by atoms with Gasteiger partial charge in [0, 0.05) is 42.3 Å². The third kappa shape index (κ3) is 5.54. The first kappa shape index (κ1) is 24.9. The molecule has 1 atom stereocenters. The van der Waals surface area contributed by atoms with Gasteiger partial charge in [0.2, 0.25) is 0 Å². The summed E-state index contributed by atoms with van der Waals surface area (Å²) in [5.41, 5.74) is -1.01. The Balaban J connectivity index is 1.34. The maximum atomic E-state index is 14.0. The molecule has 1 fully saturated rings. The van der Waals surface area contributed by atoms with Crippen molar-refractivity contribution >= 4 is 22.1 Å². The Morgan fingerprint density at radius 3 is 2.43 bits per heavy atom. The van der Waals surface area contributed by atoms with Crippen LogP contribution in [0.2, 0.25) is 0 Å². The van der Waals surface area contributed by atoms with E-state index in [4.69, 9.17) is 0 Å². The smallest absolute Gasteiger partial charge is 0.388 e. The number of nitro benzene ring substituents is 1. The molecule has 0 radical (unpaired) electrons. The summed E-state index contributed by atoms with van der Waals surface area (Å²) < 4.78 is 54.6. The molecule has 1 unspecified atom stereocenters. The maximum Gasteiger partial charge on any atom is 0.418 e. The standard InChI is InChI=1S/C25H25F4N3O3/c26-22-7-6-20(18-3-1-2-4-19(18)22)24(33)9-12-30-16-10-13-31(14-11-16)23-8-5-17(32(34)35)15-21(23)25(27,28)29/h1-8,15-16,24,30,33H,9-14H2. The van der Waals surface area contributed by atoms with E-state index in [1.807, 2.05) is 0 Å². The van der Waals surface area contributed by atoms with Crippen molar-refractivity contribution in [3.63, 3.8) is 0 Å². The maximum absolute atomic E-state index is 14.0. The summed E-state index contributed by atoms with van der Waals surface area (Å²) in [4.78, 5) is 11.7. The number of fused-ring (bicyclic) bond motifs is 1. The summed E-state index contributed by atoms with van der Waals surface area (Å²) in [6, 6.07) is 12.8. The van der Waals surface area contributed by atoms with Crippen LogP contribution in [-0.4, -0.2) is 35.7 Å². The van der Waals surface area contributed by atoms with E-state index in [2.05, 4.69) is 5.32 Å². The Labute approximate surface area is 199 Å². The number of nitrogens with one attached hydrogen (secondary N) is 1. The van der Waals surface area contributed by atoms with Crippen LogP contribution in [0.15, 0.2) is 54.6 Å². The molecule has 0 amide bonds. The average Bonchev–Trinajstić information content (AvgIpc) is 2.84. The first-order chi connectivity index (χ1) is 16.6. The highest BCUT2D eigenvalue weighted by Gasteiger charge is 2.37. The molecule has 3 aromatic rings. The van der Waals surface area contributed by atoms with Crippen molar-refractivity contribution in [1.82, 2.24) is 5.32 Å². The lowest BCUT2D eigenvalue weighted by Gasteiger charge is -2.35. The van der Waals surface area contributed by atoms with Crippen LogP contribution in [0.25, 0.3) is 10.8 Å². The highest BCUT2D eigenvalue weighted by atomic mass is 19.4. The van der Waals surface area contributed by atoms with Crippen molar-refractivity contribution in [1.29, 1.82) is 0 Å². The number of rotatable bonds is 7. The highest BCUT2D eigenvalue weighted by molar-refractivity contribution is 5.86. The van der Waals surface area contributed by atoms with Gasteiger partial charge in [0.25, 0.3) is 5.69 Å². The monoisotopic (exact) mass is 491 g/mol. The number of aliphatic hydroxyl groups excluding tert-OH is 1. The van der Waals surface area contributed by atoms with E-state index in [9.17, 15) is 32.8 Å². The predicted molar refractivity (Wildman–Crippen MR) is 125 cm³/mol. The molecule has 1 aliphatic rings. The zero-order chi connectivity index (χ0) is 25.2. The van der Waals surface area contributed by atoms with Gasteiger partial charge in [-0.1, -0.05) is 30.3 Å². The number of anilines is 1. The minimum Gasteiger partial charge on any atom is -0.388 e. The second-order valence-electron chi connectivity index (χ2n) is 8.66.